The predicted octanol–water partition coefficient (Wildman–Crippen LogP) is 3.10. The van der Waals surface area contributed by atoms with E-state index in [1.54, 1.807) is 13.8 Å². The molecule has 0 aliphatic carbocycles. The van der Waals surface area contributed by atoms with Gasteiger partial charge in [0.05, 0.1) is 16.0 Å². The summed E-state index contributed by atoms with van der Waals surface area (Å²) in [5, 5.41) is 11.7. The fraction of sp³-hybridized carbons (Fsp3) is 0.429. The molecule has 0 radical (unpaired) electrons. The van der Waals surface area contributed by atoms with Crippen LogP contribution in [0.4, 0.5) is 4.39 Å². The molecule has 0 spiro atoms. The van der Waals surface area contributed by atoms with Crippen LogP contribution in [0.15, 0.2) is 18.2 Å². The van der Waals surface area contributed by atoms with Crippen molar-refractivity contribution in [2.24, 2.45) is 5.41 Å². The van der Waals surface area contributed by atoms with Gasteiger partial charge in [0.1, 0.15) is 5.82 Å². The lowest BCUT2D eigenvalue weighted by molar-refractivity contribution is -0.150. The molecule has 1 rings (SSSR count). The van der Waals surface area contributed by atoms with Crippen LogP contribution in [0.25, 0.3) is 0 Å². The van der Waals surface area contributed by atoms with E-state index in [0.29, 0.717) is 0 Å². The zero-order chi connectivity index (χ0) is 15.7. The van der Waals surface area contributed by atoms with Crippen LogP contribution in [0.3, 0.4) is 0 Å². The zero-order valence-corrected chi connectivity index (χ0v) is 12.5. The zero-order valence-electron chi connectivity index (χ0n) is 11.8. The molecule has 1 aromatic rings. The second-order valence-electron chi connectivity index (χ2n) is 5.64. The molecule has 0 unspecified atom stereocenters. The second-order valence-corrected chi connectivity index (χ2v) is 6.05. The molecule has 0 fully saturated rings. The quantitative estimate of drug-likeness (QED) is 0.898. The Labute approximate surface area is 121 Å². The van der Waals surface area contributed by atoms with Crippen LogP contribution in [0.1, 0.15) is 38.1 Å². The van der Waals surface area contributed by atoms with Gasteiger partial charge in [0.25, 0.3) is 5.91 Å². The van der Waals surface area contributed by atoms with Gasteiger partial charge in [-0.25, -0.2) is 4.39 Å². The van der Waals surface area contributed by atoms with Crippen LogP contribution in [0, 0.1) is 11.2 Å². The molecule has 1 amide bonds. The van der Waals surface area contributed by atoms with Gasteiger partial charge in [-0.2, -0.15) is 0 Å². The highest BCUT2D eigenvalue weighted by molar-refractivity contribution is 6.31. The van der Waals surface area contributed by atoms with Gasteiger partial charge in [0.2, 0.25) is 0 Å². The number of aliphatic carboxylic acids is 1. The third-order valence-electron chi connectivity index (χ3n) is 3.70. The Bertz CT molecular complexity index is 555. The standard InChI is InChI=1S/C14H17ClFNO3/c1-13(2,12(19)20)14(3,4)17-11(18)8-5-6-10(16)9(15)7-8/h5-7H,1-4H3,(H,17,18)(H,19,20). The normalized spacial score (nSPS) is 12.1. The van der Waals surface area contributed by atoms with Crippen molar-refractivity contribution in [1.82, 2.24) is 5.32 Å². The molecular formula is C14H17ClFNO3. The molecule has 20 heavy (non-hydrogen) atoms. The smallest absolute Gasteiger partial charge is 0.311 e. The fourth-order valence-electron chi connectivity index (χ4n) is 1.42. The molecule has 0 saturated heterocycles. The second kappa shape index (κ2) is 5.40. The number of carboxylic acids is 1. The first-order valence-electron chi connectivity index (χ1n) is 6.00. The molecule has 110 valence electrons. The molecule has 1 aromatic carbocycles. The molecule has 0 saturated carbocycles. The average Bonchev–Trinajstić information content (AvgIpc) is 2.31. The lowest BCUT2D eigenvalue weighted by atomic mass is 9.74. The Morgan fingerprint density at radius 3 is 2.25 bits per heavy atom. The Morgan fingerprint density at radius 1 is 1.25 bits per heavy atom. The molecule has 0 aliphatic rings. The Balaban J connectivity index is 3.00. The molecule has 0 atom stereocenters. The van der Waals surface area contributed by atoms with E-state index >= 15 is 0 Å². The highest BCUT2D eigenvalue weighted by Gasteiger charge is 2.44. The average molecular weight is 302 g/mol. The monoisotopic (exact) mass is 301 g/mol. The van der Waals surface area contributed by atoms with Gasteiger partial charge in [0.15, 0.2) is 0 Å². The van der Waals surface area contributed by atoms with Crippen molar-refractivity contribution < 1.29 is 19.1 Å². The summed E-state index contributed by atoms with van der Waals surface area (Å²) < 4.78 is 13.1. The largest absolute Gasteiger partial charge is 0.481 e. The van der Waals surface area contributed by atoms with Gasteiger partial charge in [-0.05, 0) is 45.9 Å². The summed E-state index contributed by atoms with van der Waals surface area (Å²) >= 11 is 5.62. The number of benzene rings is 1. The summed E-state index contributed by atoms with van der Waals surface area (Å²) in [7, 11) is 0. The number of nitrogens with one attached hydrogen (secondary N) is 1. The SMILES string of the molecule is CC(C)(NC(=O)c1ccc(F)c(Cl)c1)C(C)(C)C(=O)O. The summed E-state index contributed by atoms with van der Waals surface area (Å²) in [5.74, 6) is -2.15. The Hall–Kier alpha value is -1.62. The first-order chi connectivity index (χ1) is 8.99. The molecular weight excluding hydrogens is 285 g/mol. The van der Waals surface area contributed by atoms with Crippen LogP contribution < -0.4 is 5.32 Å². The minimum Gasteiger partial charge on any atom is -0.481 e. The molecule has 0 bridgehead atoms. The number of carbonyl (C=O) groups is 2. The fourth-order valence-corrected chi connectivity index (χ4v) is 1.60. The molecule has 0 heterocycles. The van der Waals surface area contributed by atoms with Crippen molar-refractivity contribution in [3.05, 3.63) is 34.6 Å². The molecule has 0 aromatic heterocycles. The third kappa shape index (κ3) is 3.10. The first-order valence-corrected chi connectivity index (χ1v) is 6.38. The van der Waals surface area contributed by atoms with Crippen LogP contribution >= 0.6 is 11.6 Å². The minimum atomic E-state index is -1.17. The van der Waals surface area contributed by atoms with E-state index < -0.39 is 28.6 Å². The van der Waals surface area contributed by atoms with Crippen LogP contribution in [-0.4, -0.2) is 22.5 Å². The van der Waals surface area contributed by atoms with Gasteiger partial charge in [0, 0.05) is 5.56 Å². The summed E-state index contributed by atoms with van der Waals surface area (Å²) in [5.41, 5.74) is -2.01. The number of rotatable bonds is 4. The molecule has 6 heteroatoms. The molecule has 4 nitrogen and oxygen atoms in total. The Kier molecular flexibility index (Phi) is 4.44. The van der Waals surface area contributed by atoms with Gasteiger partial charge in [-0.15, -0.1) is 0 Å². The number of carbonyl (C=O) groups excluding carboxylic acids is 1. The van der Waals surface area contributed by atoms with Crippen LogP contribution in [0.5, 0.6) is 0 Å². The van der Waals surface area contributed by atoms with Gasteiger partial charge < -0.3 is 10.4 Å². The highest BCUT2D eigenvalue weighted by Crippen LogP contribution is 2.31. The predicted molar refractivity (Wildman–Crippen MR) is 74.4 cm³/mol. The van der Waals surface area contributed by atoms with E-state index in [0.717, 1.165) is 6.07 Å². The van der Waals surface area contributed by atoms with E-state index in [4.69, 9.17) is 11.6 Å². The lowest BCUT2D eigenvalue weighted by Gasteiger charge is -2.38. The topological polar surface area (TPSA) is 66.4 Å². The van der Waals surface area contributed by atoms with Crippen LogP contribution in [0.2, 0.25) is 5.02 Å². The number of amides is 1. The summed E-state index contributed by atoms with van der Waals surface area (Å²) in [4.78, 5) is 23.4. The van der Waals surface area contributed by atoms with E-state index in [1.165, 1.54) is 26.0 Å². The van der Waals surface area contributed by atoms with Gasteiger partial charge >= 0.3 is 5.97 Å². The minimum absolute atomic E-state index is 0.159. The summed E-state index contributed by atoms with van der Waals surface area (Å²) in [6.07, 6.45) is 0. The highest BCUT2D eigenvalue weighted by atomic mass is 35.5. The lowest BCUT2D eigenvalue weighted by Crippen LogP contribution is -2.56. The van der Waals surface area contributed by atoms with Crippen molar-refractivity contribution in [1.29, 1.82) is 0 Å². The maximum atomic E-state index is 13.1. The van der Waals surface area contributed by atoms with Crippen molar-refractivity contribution >= 4 is 23.5 Å². The summed E-state index contributed by atoms with van der Waals surface area (Å²) in [6.45, 7) is 6.27. The van der Waals surface area contributed by atoms with Gasteiger partial charge in [-0.1, -0.05) is 11.6 Å². The maximum absolute atomic E-state index is 13.1. The third-order valence-corrected chi connectivity index (χ3v) is 3.99. The number of hydrogen-bond donors (Lipinski definition) is 2. The van der Waals surface area contributed by atoms with Crippen molar-refractivity contribution in [2.75, 3.05) is 0 Å². The van der Waals surface area contributed by atoms with E-state index in [-0.39, 0.29) is 10.6 Å². The van der Waals surface area contributed by atoms with Crippen molar-refractivity contribution in [3.63, 3.8) is 0 Å². The van der Waals surface area contributed by atoms with E-state index in [1.807, 2.05) is 0 Å². The first kappa shape index (κ1) is 16.4. The molecule has 2 N–H and O–H groups in total. The number of carboxylic acid groups (broad SMARTS) is 1. The van der Waals surface area contributed by atoms with Crippen molar-refractivity contribution in [3.8, 4) is 0 Å². The number of halogens is 2. The van der Waals surface area contributed by atoms with Gasteiger partial charge in [-0.3, -0.25) is 9.59 Å². The van der Waals surface area contributed by atoms with Crippen molar-refractivity contribution in [2.45, 2.75) is 33.2 Å². The Morgan fingerprint density at radius 2 is 1.80 bits per heavy atom. The molecule has 0 aliphatic heterocycles. The number of hydrogen-bond acceptors (Lipinski definition) is 2. The van der Waals surface area contributed by atoms with Crippen LogP contribution in [-0.2, 0) is 4.79 Å². The van der Waals surface area contributed by atoms with E-state index in [2.05, 4.69) is 5.32 Å². The summed E-state index contributed by atoms with van der Waals surface area (Å²) in [6, 6.07) is 3.59. The maximum Gasteiger partial charge on any atom is 0.311 e. The van der Waals surface area contributed by atoms with E-state index in [9.17, 15) is 19.1 Å².